The van der Waals surface area contributed by atoms with Crippen molar-refractivity contribution in [3.63, 3.8) is 0 Å². The Balaban J connectivity index is 2.10. The first kappa shape index (κ1) is 15.7. The molecule has 0 bridgehead atoms. The second-order valence-electron chi connectivity index (χ2n) is 5.22. The van der Waals surface area contributed by atoms with E-state index in [0.29, 0.717) is 5.75 Å². The third-order valence-electron chi connectivity index (χ3n) is 3.74. The first-order valence-electron chi connectivity index (χ1n) is 6.90. The number of urea groups is 1. The van der Waals surface area contributed by atoms with Crippen LogP contribution in [-0.2, 0) is 4.79 Å². The highest BCUT2D eigenvalue weighted by atomic mass is 32.2. The molecule has 0 saturated carbocycles. The maximum absolute atomic E-state index is 12.4. The van der Waals surface area contributed by atoms with E-state index in [2.05, 4.69) is 5.32 Å². The van der Waals surface area contributed by atoms with Crippen LogP contribution in [-0.4, -0.2) is 39.2 Å². The number of carboxylic acids is 1. The van der Waals surface area contributed by atoms with Crippen LogP contribution in [0.5, 0.6) is 0 Å². The van der Waals surface area contributed by atoms with Crippen LogP contribution in [0.25, 0.3) is 0 Å². The van der Waals surface area contributed by atoms with Gasteiger partial charge >= 0.3 is 12.0 Å². The molecular weight excluding hydrogens is 288 g/mol. The number of carboxylic acid groups (broad SMARTS) is 1. The van der Waals surface area contributed by atoms with Gasteiger partial charge in [0.1, 0.15) is 6.04 Å². The molecule has 6 heteroatoms. The Morgan fingerprint density at radius 2 is 2.10 bits per heavy atom. The van der Waals surface area contributed by atoms with E-state index in [-0.39, 0.29) is 17.4 Å². The zero-order valence-corrected chi connectivity index (χ0v) is 13.2. The molecule has 0 aliphatic carbocycles. The summed E-state index contributed by atoms with van der Waals surface area (Å²) in [5, 5.41) is 12.0. The predicted molar refractivity (Wildman–Crippen MR) is 83.3 cm³/mol. The van der Waals surface area contributed by atoms with Crippen molar-refractivity contribution in [3.8, 4) is 0 Å². The Morgan fingerprint density at radius 1 is 1.43 bits per heavy atom. The van der Waals surface area contributed by atoms with Gasteiger partial charge < -0.3 is 10.4 Å². The Kier molecular flexibility index (Phi) is 4.77. The number of aryl methyl sites for hydroxylation is 1. The van der Waals surface area contributed by atoms with Crippen LogP contribution in [0.4, 0.5) is 4.79 Å². The topological polar surface area (TPSA) is 69.6 Å². The number of amides is 2. The molecule has 3 atom stereocenters. The van der Waals surface area contributed by atoms with Crippen molar-refractivity contribution in [2.75, 3.05) is 5.75 Å². The first-order valence-corrected chi connectivity index (χ1v) is 7.95. The number of benzene rings is 1. The Morgan fingerprint density at radius 3 is 2.71 bits per heavy atom. The molecule has 0 spiro atoms. The summed E-state index contributed by atoms with van der Waals surface area (Å²) in [6, 6.07) is 6.60. The summed E-state index contributed by atoms with van der Waals surface area (Å²) in [5.41, 5.74) is 2.14. The molecule has 0 radical (unpaired) electrons. The third-order valence-corrected chi connectivity index (χ3v) is 4.96. The first-order chi connectivity index (χ1) is 9.91. The van der Waals surface area contributed by atoms with Crippen LogP contribution in [0.2, 0.25) is 0 Å². The Hall–Kier alpha value is -1.69. The largest absolute Gasteiger partial charge is 0.480 e. The van der Waals surface area contributed by atoms with Gasteiger partial charge in [-0.1, -0.05) is 24.3 Å². The molecule has 0 aromatic heterocycles. The van der Waals surface area contributed by atoms with E-state index in [0.717, 1.165) is 11.1 Å². The van der Waals surface area contributed by atoms with Gasteiger partial charge in [0.25, 0.3) is 0 Å². The van der Waals surface area contributed by atoms with Crippen LogP contribution in [0.3, 0.4) is 0 Å². The number of aliphatic carboxylic acids is 1. The summed E-state index contributed by atoms with van der Waals surface area (Å²) < 4.78 is 0. The van der Waals surface area contributed by atoms with Gasteiger partial charge in [-0.3, -0.25) is 4.90 Å². The molecule has 1 aliphatic rings. The van der Waals surface area contributed by atoms with Crippen molar-refractivity contribution in [1.82, 2.24) is 10.2 Å². The average molecular weight is 308 g/mol. The van der Waals surface area contributed by atoms with E-state index in [9.17, 15) is 14.7 Å². The van der Waals surface area contributed by atoms with Crippen molar-refractivity contribution < 1.29 is 14.7 Å². The Bertz CT molecular complexity index is 549. The van der Waals surface area contributed by atoms with E-state index in [1.165, 1.54) is 16.7 Å². The average Bonchev–Trinajstić information content (AvgIpc) is 2.81. The highest BCUT2D eigenvalue weighted by Crippen LogP contribution is 2.29. The molecule has 2 amide bonds. The predicted octanol–water partition coefficient (Wildman–Crippen LogP) is 2.61. The van der Waals surface area contributed by atoms with E-state index in [1.807, 2.05) is 45.0 Å². The van der Waals surface area contributed by atoms with Gasteiger partial charge in [0.05, 0.1) is 11.4 Å². The van der Waals surface area contributed by atoms with Crippen molar-refractivity contribution in [3.05, 3.63) is 35.4 Å². The summed E-state index contributed by atoms with van der Waals surface area (Å²) in [4.78, 5) is 25.1. The fraction of sp³-hybridized carbons (Fsp3) is 0.467. The van der Waals surface area contributed by atoms with Crippen molar-refractivity contribution >= 4 is 23.8 Å². The molecule has 1 aromatic carbocycles. The fourth-order valence-corrected chi connectivity index (χ4v) is 3.72. The maximum Gasteiger partial charge on any atom is 0.327 e. The Labute approximate surface area is 128 Å². The summed E-state index contributed by atoms with van der Waals surface area (Å²) in [6.45, 7) is 5.75. The van der Waals surface area contributed by atoms with Crippen LogP contribution in [0, 0.1) is 6.92 Å². The second-order valence-corrected chi connectivity index (χ2v) is 6.57. The molecule has 1 fully saturated rings. The lowest BCUT2D eigenvalue weighted by atomic mass is 10.0. The minimum Gasteiger partial charge on any atom is -0.480 e. The summed E-state index contributed by atoms with van der Waals surface area (Å²) >= 11 is 1.48. The van der Waals surface area contributed by atoms with E-state index >= 15 is 0 Å². The van der Waals surface area contributed by atoms with Crippen molar-refractivity contribution in [2.45, 2.75) is 38.2 Å². The van der Waals surface area contributed by atoms with Crippen LogP contribution in [0.15, 0.2) is 24.3 Å². The lowest BCUT2D eigenvalue weighted by Gasteiger charge is -2.27. The van der Waals surface area contributed by atoms with Crippen LogP contribution in [0.1, 0.15) is 31.0 Å². The van der Waals surface area contributed by atoms with E-state index in [1.54, 1.807) is 0 Å². The maximum atomic E-state index is 12.4. The molecule has 5 nitrogen and oxygen atoms in total. The zero-order chi connectivity index (χ0) is 15.6. The van der Waals surface area contributed by atoms with Gasteiger partial charge in [-0.15, -0.1) is 11.8 Å². The minimum absolute atomic E-state index is 0.129. The molecule has 1 heterocycles. The number of nitrogens with one attached hydrogen (secondary N) is 1. The molecule has 21 heavy (non-hydrogen) atoms. The second kappa shape index (κ2) is 6.39. The number of hydrogen-bond donors (Lipinski definition) is 2. The molecule has 1 saturated heterocycles. The lowest BCUT2D eigenvalue weighted by molar-refractivity contribution is -0.141. The normalized spacial score (nSPS) is 22.9. The number of hydrogen-bond acceptors (Lipinski definition) is 3. The van der Waals surface area contributed by atoms with Crippen LogP contribution >= 0.6 is 11.8 Å². The van der Waals surface area contributed by atoms with Gasteiger partial charge in [-0.25, -0.2) is 9.59 Å². The molecule has 1 aliphatic heterocycles. The fourth-order valence-electron chi connectivity index (χ4n) is 2.55. The lowest BCUT2D eigenvalue weighted by Crippen LogP contribution is -2.50. The van der Waals surface area contributed by atoms with Gasteiger partial charge in [-0.2, -0.15) is 0 Å². The minimum atomic E-state index is -0.953. The molecule has 2 rings (SSSR count). The molecule has 2 N–H and O–H groups in total. The monoisotopic (exact) mass is 308 g/mol. The van der Waals surface area contributed by atoms with Gasteiger partial charge in [-0.05, 0) is 31.9 Å². The number of carbonyl (C=O) groups is 2. The quantitative estimate of drug-likeness (QED) is 0.900. The van der Waals surface area contributed by atoms with Crippen LogP contribution < -0.4 is 5.32 Å². The third kappa shape index (κ3) is 3.32. The van der Waals surface area contributed by atoms with Gasteiger partial charge in [0.15, 0.2) is 0 Å². The van der Waals surface area contributed by atoms with Gasteiger partial charge in [0.2, 0.25) is 0 Å². The summed E-state index contributed by atoms with van der Waals surface area (Å²) in [5.74, 6) is -0.520. The van der Waals surface area contributed by atoms with E-state index < -0.39 is 12.0 Å². The summed E-state index contributed by atoms with van der Waals surface area (Å²) in [6.07, 6.45) is 0. The zero-order valence-electron chi connectivity index (χ0n) is 12.4. The van der Waals surface area contributed by atoms with E-state index in [4.69, 9.17) is 0 Å². The number of nitrogens with zero attached hydrogens (tertiary/aromatic N) is 1. The number of carbonyl (C=O) groups excluding carboxylic acids is 1. The van der Waals surface area contributed by atoms with Gasteiger partial charge in [0, 0.05) is 5.75 Å². The number of rotatable bonds is 3. The molecular formula is C15H20N2O3S. The number of thioether (sulfide) groups is 1. The van der Waals surface area contributed by atoms with Crippen molar-refractivity contribution in [1.29, 1.82) is 0 Å². The molecule has 1 aromatic rings. The highest BCUT2D eigenvalue weighted by Gasteiger charge is 2.39. The highest BCUT2D eigenvalue weighted by molar-refractivity contribution is 8.00. The molecule has 3 unspecified atom stereocenters. The standard InChI is InChI=1S/C15H20N2O3S/c1-9-6-4-5-7-12(9)10(2)16-15(20)17-11(3)21-8-13(17)14(18)19/h4-7,10-11,13H,8H2,1-3H3,(H,16,20)(H,18,19). The SMILES string of the molecule is Cc1ccccc1C(C)NC(=O)N1C(C)SCC1C(=O)O. The summed E-state index contributed by atoms with van der Waals surface area (Å²) in [7, 11) is 0. The smallest absolute Gasteiger partial charge is 0.327 e. The molecule has 114 valence electrons. The van der Waals surface area contributed by atoms with Crippen molar-refractivity contribution in [2.24, 2.45) is 0 Å².